The number of nitrogens with zero attached hydrogens (tertiary/aromatic N) is 5. The maximum absolute atomic E-state index is 14.3. The summed E-state index contributed by atoms with van der Waals surface area (Å²) >= 11 is 0. The van der Waals surface area contributed by atoms with Crippen molar-refractivity contribution >= 4 is 82.5 Å². The quantitative estimate of drug-likeness (QED) is 0.0453. The Bertz CT molecular complexity index is 3470. The molecule has 88 heavy (non-hydrogen) atoms. The molecular weight excluding hydrogens is 1120 g/mol. The topological polar surface area (TPSA) is 247 Å². The molecule has 20 nitrogen and oxygen atoms in total. The molecule has 8 rings (SSSR count). The van der Waals surface area contributed by atoms with Crippen molar-refractivity contribution in [3.8, 4) is 28.7 Å². The number of phenols is 1. The van der Waals surface area contributed by atoms with Crippen LogP contribution in [0.2, 0.25) is 0 Å². The lowest BCUT2D eigenvalue weighted by atomic mass is 9.76. The number of amides is 7. The van der Waals surface area contributed by atoms with E-state index >= 15 is 0 Å². The van der Waals surface area contributed by atoms with E-state index in [0.29, 0.717) is 96.5 Å². The molecule has 0 spiro atoms. The fraction of sp³-hybridized carbons (Fsp3) is 0.456. The summed E-state index contributed by atoms with van der Waals surface area (Å²) in [5.74, 6) is -0.699. The highest BCUT2D eigenvalue weighted by atomic mass is 16.5. The maximum Gasteiger partial charge on any atom is 0.260 e. The predicted octanol–water partition coefficient (Wildman–Crippen LogP) is 10.8. The van der Waals surface area contributed by atoms with Crippen LogP contribution in [0.1, 0.15) is 153 Å². The number of fused-ring (bicyclic) bond motifs is 4. The van der Waals surface area contributed by atoms with Gasteiger partial charge in [0.15, 0.2) is 23.0 Å². The minimum absolute atomic E-state index is 0.141. The molecule has 0 radical (unpaired) electrons. The molecule has 4 N–H and O–H groups in total. The SMILES string of the molecule is CCCC(=O)N(C=O)C(C)(C)CC(C)(C)C(=O)NC(C(=O)NC(C)C(=O)Nc1ccc(C2=CN3C(=O)c4cc(OC)c(OCC(C)(C)CC(C)(C)COc5cc6c(cc5OC)C(=O)N5C=C(c7ccc(O)cc7)C[C@H]5C=N6)cc4N=CC3C2)cc1)C(C)C. The van der Waals surface area contributed by atoms with Gasteiger partial charge in [0.05, 0.1) is 62.0 Å². The van der Waals surface area contributed by atoms with E-state index in [1.807, 2.05) is 43.6 Å². The monoisotopic (exact) mass is 1200 g/mol. The lowest BCUT2D eigenvalue weighted by molar-refractivity contribution is -0.147. The Labute approximate surface area is 515 Å². The molecule has 0 bridgehead atoms. The van der Waals surface area contributed by atoms with Crippen LogP contribution in [0.25, 0.3) is 11.1 Å². The smallest absolute Gasteiger partial charge is 0.260 e. The number of carbonyl (C=O) groups is 7. The van der Waals surface area contributed by atoms with E-state index in [-0.39, 0.29) is 65.1 Å². The number of carbonyl (C=O) groups excluding carboxylic acids is 7. The van der Waals surface area contributed by atoms with Gasteiger partial charge in [0.1, 0.15) is 17.8 Å². The summed E-state index contributed by atoms with van der Waals surface area (Å²) in [6.45, 7) is 22.9. The van der Waals surface area contributed by atoms with Gasteiger partial charge in [-0.25, -0.2) is 0 Å². The first-order chi connectivity index (χ1) is 41.5. The lowest BCUT2D eigenvalue weighted by Gasteiger charge is -2.40. The minimum atomic E-state index is -1.08. The molecular formula is C68H84N8O12. The van der Waals surface area contributed by atoms with E-state index in [2.05, 4.69) is 43.6 Å². The van der Waals surface area contributed by atoms with Crippen LogP contribution in [0.15, 0.2) is 95.2 Å². The Hall–Kier alpha value is -8.81. The zero-order chi connectivity index (χ0) is 64.2. The van der Waals surface area contributed by atoms with Crippen molar-refractivity contribution in [1.82, 2.24) is 25.3 Å². The Morgan fingerprint density at radius 3 is 1.60 bits per heavy atom. The van der Waals surface area contributed by atoms with Gasteiger partial charge in [0, 0.05) is 72.9 Å². The third kappa shape index (κ3) is 14.8. The van der Waals surface area contributed by atoms with Crippen molar-refractivity contribution in [2.45, 2.75) is 151 Å². The summed E-state index contributed by atoms with van der Waals surface area (Å²) < 4.78 is 24.5. The highest BCUT2D eigenvalue weighted by Crippen LogP contribution is 2.44. The average molecular weight is 1210 g/mol. The highest BCUT2D eigenvalue weighted by Gasteiger charge is 2.42. The van der Waals surface area contributed by atoms with Gasteiger partial charge in [-0.05, 0) is 115 Å². The molecule has 4 aliphatic heterocycles. The third-order valence-corrected chi connectivity index (χ3v) is 16.4. The summed E-state index contributed by atoms with van der Waals surface area (Å²) in [4.78, 5) is 108. The van der Waals surface area contributed by atoms with Crippen molar-refractivity contribution in [2.24, 2.45) is 32.1 Å². The van der Waals surface area contributed by atoms with E-state index < -0.39 is 40.8 Å². The molecule has 4 heterocycles. The molecule has 3 unspecified atom stereocenters. The van der Waals surface area contributed by atoms with Crippen LogP contribution in [0.4, 0.5) is 17.1 Å². The van der Waals surface area contributed by atoms with Crippen molar-refractivity contribution < 1.29 is 57.6 Å². The molecule has 4 atom stereocenters. The number of imide groups is 1. The zero-order valence-electron chi connectivity index (χ0n) is 53.0. The number of anilines is 1. The van der Waals surface area contributed by atoms with E-state index in [1.54, 1.807) is 126 Å². The summed E-state index contributed by atoms with van der Waals surface area (Å²) in [6, 6.07) is 18.4. The van der Waals surface area contributed by atoms with E-state index in [1.165, 1.54) is 7.11 Å². The first-order valence-electron chi connectivity index (χ1n) is 29.9. The number of benzene rings is 4. The van der Waals surface area contributed by atoms with Gasteiger partial charge < -0.3 is 49.8 Å². The van der Waals surface area contributed by atoms with Crippen LogP contribution in [0.3, 0.4) is 0 Å². The van der Waals surface area contributed by atoms with E-state index in [0.717, 1.165) is 27.2 Å². The van der Waals surface area contributed by atoms with Crippen LogP contribution in [-0.4, -0.2) is 131 Å². The largest absolute Gasteiger partial charge is 0.508 e. The Morgan fingerprint density at radius 2 is 1.16 bits per heavy atom. The zero-order valence-corrected chi connectivity index (χ0v) is 53.0. The standard InChI is InChI=1S/C68H84N8O12/c1-15-16-58(79)76(39-77)68(11,12)36-67(9,10)64(84)73-59(40(2)3)61(81)71-41(4)60(80)72-46-21-17-42(18-22-46)44-25-47-31-69-52-29-56(54(85-13)27-50(52)62(82)74(47)33-44)87-37-65(5,6)35-66(7,8)38-88-57-30-53-51(28-55(57)86-14)63(83)75-34-45(26-48(75)32-70-53)43-19-23-49(78)24-20-43/h17-24,27-34,39-41,47-48,59,78H,15-16,25-26,35-38H2,1-14H3,(H,71,81)(H,72,80)(H,73,84)/t41?,47?,48-,59?/m0/s1. The number of hydrogen-bond donors (Lipinski definition) is 4. The molecule has 0 fully saturated rings. The number of aromatic hydroxyl groups is 1. The molecule has 4 aromatic rings. The molecule has 20 heteroatoms. The summed E-state index contributed by atoms with van der Waals surface area (Å²) in [5, 5.41) is 18.2. The average Bonchev–Trinajstić information content (AvgIpc) is 2.73. The van der Waals surface area contributed by atoms with Gasteiger partial charge in [0.2, 0.25) is 30.0 Å². The van der Waals surface area contributed by atoms with Gasteiger partial charge >= 0.3 is 0 Å². The second kappa shape index (κ2) is 26.3. The molecule has 0 aliphatic carbocycles. The van der Waals surface area contributed by atoms with Crippen LogP contribution >= 0.6 is 0 Å². The second-order valence-corrected chi connectivity index (χ2v) is 26.5. The molecule has 468 valence electrons. The van der Waals surface area contributed by atoms with Gasteiger partial charge in [-0.2, -0.15) is 0 Å². The minimum Gasteiger partial charge on any atom is -0.508 e. The first kappa shape index (κ1) is 65.2. The molecule has 4 aromatic carbocycles. The number of aliphatic imine (C=N–C) groups is 2. The van der Waals surface area contributed by atoms with Crippen molar-refractivity contribution in [1.29, 1.82) is 0 Å². The highest BCUT2D eigenvalue weighted by molar-refractivity contribution is 6.07. The fourth-order valence-corrected chi connectivity index (χ4v) is 12.1. The number of hydrogen-bond acceptors (Lipinski definition) is 14. The summed E-state index contributed by atoms with van der Waals surface area (Å²) in [5.41, 5.74) is 3.00. The summed E-state index contributed by atoms with van der Waals surface area (Å²) in [6.07, 6.45) is 10.4. The number of methoxy groups -OCH3 is 2. The Kier molecular flexibility index (Phi) is 19.4. The molecule has 0 saturated heterocycles. The molecule has 0 aromatic heterocycles. The van der Waals surface area contributed by atoms with Gasteiger partial charge in [-0.1, -0.05) is 86.6 Å². The predicted molar refractivity (Wildman–Crippen MR) is 338 cm³/mol. The van der Waals surface area contributed by atoms with E-state index in [9.17, 15) is 38.7 Å². The summed E-state index contributed by atoms with van der Waals surface area (Å²) in [7, 11) is 3.07. The van der Waals surface area contributed by atoms with Crippen LogP contribution < -0.4 is 34.9 Å². The number of phenolic OH excluding ortho intramolecular Hbond substituents is 1. The van der Waals surface area contributed by atoms with E-state index in [4.69, 9.17) is 28.9 Å². The lowest BCUT2D eigenvalue weighted by Crippen LogP contribution is -2.57. The fourth-order valence-electron chi connectivity index (χ4n) is 12.1. The molecule has 0 saturated carbocycles. The van der Waals surface area contributed by atoms with Crippen LogP contribution in [0, 0.1) is 22.2 Å². The van der Waals surface area contributed by atoms with Gasteiger partial charge in [-0.15, -0.1) is 0 Å². The Morgan fingerprint density at radius 1 is 0.682 bits per heavy atom. The molecule has 4 aliphatic rings. The van der Waals surface area contributed by atoms with Crippen molar-refractivity contribution in [3.63, 3.8) is 0 Å². The third-order valence-electron chi connectivity index (χ3n) is 16.4. The van der Waals surface area contributed by atoms with Crippen LogP contribution in [0.5, 0.6) is 28.7 Å². The van der Waals surface area contributed by atoms with Crippen molar-refractivity contribution in [2.75, 3.05) is 32.8 Å². The normalized spacial score (nSPS) is 17.0. The Balaban J connectivity index is 0.841. The second-order valence-electron chi connectivity index (χ2n) is 26.5. The number of ether oxygens (including phenoxy) is 4. The number of rotatable bonds is 25. The van der Waals surface area contributed by atoms with Crippen LogP contribution in [-0.2, 0) is 24.0 Å². The van der Waals surface area contributed by atoms with Gasteiger partial charge in [-0.3, -0.25) is 48.4 Å². The maximum atomic E-state index is 14.3. The number of nitrogens with one attached hydrogen (secondary N) is 3. The van der Waals surface area contributed by atoms with Gasteiger partial charge in [0.25, 0.3) is 11.8 Å². The van der Waals surface area contributed by atoms with Crippen molar-refractivity contribution in [3.05, 3.63) is 107 Å². The first-order valence-corrected chi connectivity index (χ1v) is 29.9. The molecule has 7 amide bonds.